The van der Waals surface area contributed by atoms with Crippen molar-refractivity contribution in [2.45, 2.75) is 18.0 Å². The lowest BCUT2D eigenvalue weighted by atomic mass is 9.82. The average molecular weight is 467 g/mol. The highest BCUT2D eigenvalue weighted by molar-refractivity contribution is 5.81. The van der Waals surface area contributed by atoms with Gasteiger partial charge >= 0.3 is 0 Å². The second kappa shape index (κ2) is 9.49. The first kappa shape index (κ1) is 23.8. The van der Waals surface area contributed by atoms with Gasteiger partial charge in [-0.1, -0.05) is 0 Å². The Kier molecular flexibility index (Phi) is 6.65. The first-order valence-electron chi connectivity index (χ1n) is 11.1. The fraction of sp³-hybridized carbons (Fsp3) is 0.375. The fourth-order valence-electron chi connectivity index (χ4n) is 4.14. The van der Waals surface area contributed by atoms with Gasteiger partial charge in [0.25, 0.3) is 0 Å². The number of ether oxygens (including phenoxy) is 1. The summed E-state index contributed by atoms with van der Waals surface area (Å²) in [5.74, 6) is 0.310. The molecule has 1 aliphatic carbocycles. The van der Waals surface area contributed by atoms with Gasteiger partial charge in [0.05, 0.1) is 24.5 Å². The Hall–Kier alpha value is -3.34. The minimum atomic E-state index is -0.530. The zero-order valence-corrected chi connectivity index (χ0v) is 20.1. The van der Waals surface area contributed by atoms with Crippen LogP contribution in [0.2, 0.25) is 0 Å². The Balaban J connectivity index is 1.63. The first-order valence-corrected chi connectivity index (χ1v) is 11.1. The summed E-state index contributed by atoms with van der Waals surface area (Å²) >= 11 is 0. The highest BCUT2D eigenvalue weighted by Gasteiger charge is 2.37. The molecule has 180 valence electrons. The van der Waals surface area contributed by atoms with E-state index < -0.39 is 11.4 Å². The van der Waals surface area contributed by atoms with Crippen LogP contribution in [0.4, 0.5) is 10.3 Å². The number of hydrogen-bond acceptors (Lipinski definition) is 8. The van der Waals surface area contributed by atoms with E-state index in [0.29, 0.717) is 17.0 Å². The maximum Gasteiger partial charge on any atom is 0.228 e. The molecule has 3 aromatic rings. The summed E-state index contributed by atoms with van der Waals surface area (Å²) in [6, 6.07) is 3.46. The Labute approximate surface area is 198 Å². The largest absolute Gasteiger partial charge is 0.495 e. The molecule has 10 heteroatoms. The smallest absolute Gasteiger partial charge is 0.228 e. The van der Waals surface area contributed by atoms with Crippen molar-refractivity contribution in [3.63, 3.8) is 0 Å². The molecule has 9 nitrogen and oxygen atoms in total. The minimum absolute atomic E-state index is 0.162. The Morgan fingerprint density at radius 1 is 1.29 bits per heavy atom. The van der Waals surface area contributed by atoms with Gasteiger partial charge in [-0.3, -0.25) is 0 Å². The van der Waals surface area contributed by atoms with E-state index in [1.807, 2.05) is 63.2 Å². The van der Waals surface area contributed by atoms with Crippen molar-refractivity contribution in [1.29, 1.82) is 0 Å². The molecule has 0 fully saturated rings. The van der Waals surface area contributed by atoms with Gasteiger partial charge in [-0.25, -0.2) is 19.3 Å². The van der Waals surface area contributed by atoms with Crippen molar-refractivity contribution in [2.24, 2.45) is 12.8 Å². The van der Waals surface area contributed by atoms with Gasteiger partial charge in [0.15, 0.2) is 5.82 Å². The van der Waals surface area contributed by atoms with Gasteiger partial charge in [0, 0.05) is 36.4 Å². The predicted molar refractivity (Wildman–Crippen MR) is 131 cm³/mol. The van der Waals surface area contributed by atoms with E-state index in [0.717, 1.165) is 30.2 Å². The molecule has 0 saturated carbocycles. The number of aryl methyl sites for hydroxylation is 1. The van der Waals surface area contributed by atoms with Crippen LogP contribution in [0.15, 0.2) is 54.3 Å². The van der Waals surface area contributed by atoms with Gasteiger partial charge in [0.1, 0.15) is 17.1 Å². The SMILES string of the molecule is CNC1(CCN(C)C)C=C(OC)C(Nc2ncc(F)c(-c3cnc4c(ccn4C)c3)n2)=CC1N. The van der Waals surface area contributed by atoms with Gasteiger partial charge < -0.3 is 30.6 Å². The monoisotopic (exact) mass is 466 g/mol. The minimum Gasteiger partial charge on any atom is -0.495 e. The summed E-state index contributed by atoms with van der Waals surface area (Å²) < 4.78 is 22.2. The van der Waals surface area contributed by atoms with Crippen LogP contribution in [0, 0.1) is 5.82 Å². The molecule has 3 heterocycles. The van der Waals surface area contributed by atoms with E-state index in [1.54, 1.807) is 13.3 Å². The van der Waals surface area contributed by atoms with Crippen LogP contribution < -0.4 is 16.4 Å². The quantitative estimate of drug-likeness (QED) is 0.464. The molecule has 4 N–H and O–H groups in total. The molecule has 0 saturated heterocycles. The molecule has 2 unspecified atom stereocenters. The van der Waals surface area contributed by atoms with Crippen LogP contribution >= 0.6 is 0 Å². The third-order valence-electron chi connectivity index (χ3n) is 6.22. The number of anilines is 1. The number of fused-ring (bicyclic) bond motifs is 1. The lowest BCUT2D eigenvalue weighted by Crippen LogP contribution is -2.57. The molecule has 1 aliphatic rings. The fourth-order valence-corrected chi connectivity index (χ4v) is 4.14. The standard InChI is InChI=1S/C24H31FN8O/c1-27-24(7-9-32(2)3)12-19(34-5)18(11-20(24)26)30-23-29-14-17(25)21(31-23)16-10-15-6-8-33(4)22(15)28-13-16/h6,8,10-14,20,27H,7,9,26H2,1-5H3,(H,29,30,31). The van der Waals surface area contributed by atoms with Crippen LogP contribution in [0.1, 0.15) is 6.42 Å². The first-order chi connectivity index (χ1) is 16.3. The summed E-state index contributed by atoms with van der Waals surface area (Å²) in [5, 5.41) is 7.41. The normalized spacial score (nSPS) is 20.4. The summed E-state index contributed by atoms with van der Waals surface area (Å²) in [7, 11) is 9.45. The van der Waals surface area contributed by atoms with E-state index in [1.165, 1.54) is 0 Å². The molecule has 2 atom stereocenters. The summed E-state index contributed by atoms with van der Waals surface area (Å²) in [5.41, 5.74) is 8.26. The molecule has 34 heavy (non-hydrogen) atoms. The Morgan fingerprint density at radius 3 is 2.79 bits per heavy atom. The number of rotatable bonds is 8. The van der Waals surface area contributed by atoms with E-state index in [2.05, 4.69) is 30.5 Å². The lowest BCUT2D eigenvalue weighted by molar-refractivity contribution is 0.260. The van der Waals surface area contributed by atoms with E-state index in [-0.39, 0.29) is 17.7 Å². The number of pyridine rings is 1. The van der Waals surface area contributed by atoms with Crippen LogP contribution in [0.25, 0.3) is 22.3 Å². The molecular weight excluding hydrogens is 435 g/mol. The maximum absolute atomic E-state index is 14.7. The number of nitrogens with two attached hydrogens (primary N) is 1. The number of halogens is 1. The van der Waals surface area contributed by atoms with Gasteiger partial charge in [0.2, 0.25) is 5.95 Å². The van der Waals surface area contributed by atoms with Crippen molar-refractivity contribution < 1.29 is 9.13 Å². The van der Waals surface area contributed by atoms with E-state index in [9.17, 15) is 4.39 Å². The highest BCUT2D eigenvalue weighted by atomic mass is 19.1. The Bertz CT molecular complexity index is 1250. The van der Waals surface area contributed by atoms with Crippen molar-refractivity contribution in [1.82, 2.24) is 29.7 Å². The molecular formula is C24H31FN8O. The number of nitrogens with one attached hydrogen (secondary N) is 2. The summed E-state index contributed by atoms with van der Waals surface area (Å²) in [6.45, 7) is 0.850. The molecule has 3 aromatic heterocycles. The molecule has 0 radical (unpaired) electrons. The van der Waals surface area contributed by atoms with Crippen LogP contribution in [0.5, 0.6) is 0 Å². The van der Waals surface area contributed by atoms with Gasteiger partial charge in [-0.15, -0.1) is 0 Å². The maximum atomic E-state index is 14.7. The van der Waals surface area contributed by atoms with Crippen LogP contribution in [-0.2, 0) is 11.8 Å². The third-order valence-corrected chi connectivity index (χ3v) is 6.22. The molecule has 0 aromatic carbocycles. The molecule has 0 bridgehead atoms. The molecule has 4 rings (SSSR count). The van der Waals surface area contributed by atoms with Crippen LogP contribution in [-0.4, -0.2) is 70.8 Å². The zero-order valence-electron chi connectivity index (χ0n) is 20.1. The van der Waals surface area contributed by atoms with Crippen molar-refractivity contribution in [3.05, 3.63) is 60.1 Å². The number of likely N-dealkylation sites (N-methyl/N-ethyl adjacent to an activating group) is 1. The number of aromatic nitrogens is 4. The van der Waals surface area contributed by atoms with E-state index in [4.69, 9.17) is 10.5 Å². The summed E-state index contributed by atoms with van der Waals surface area (Å²) in [4.78, 5) is 15.1. The average Bonchev–Trinajstić information content (AvgIpc) is 3.20. The second-order valence-electron chi connectivity index (χ2n) is 8.74. The van der Waals surface area contributed by atoms with Gasteiger partial charge in [-0.2, -0.15) is 0 Å². The number of methoxy groups -OCH3 is 1. The van der Waals surface area contributed by atoms with Gasteiger partial charge in [-0.05, 0) is 58.4 Å². The Morgan fingerprint density at radius 2 is 2.09 bits per heavy atom. The van der Waals surface area contributed by atoms with Crippen molar-refractivity contribution in [3.8, 4) is 11.3 Å². The van der Waals surface area contributed by atoms with Crippen molar-refractivity contribution >= 4 is 17.0 Å². The third kappa shape index (κ3) is 4.52. The number of nitrogens with zero attached hydrogens (tertiary/aromatic N) is 5. The van der Waals surface area contributed by atoms with Crippen LogP contribution in [0.3, 0.4) is 0 Å². The molecule has 0 spiro atoms. The van der Waals surface area contributed by atoms with E-state index >= 15 is 0 Å². The topological polar surface area (TPSA) is 106 Å². The summed E-state index contributed by atoms with van der Waals surface area (Å²) in [6.07, 6.45) is 9.33. The zero-order chi connectivity index (χ0) is 24.5. The second-order valence-corrected chi connectivity index (χ2v) is 8.74. The number of hydrogen-bond donors (Lipinski definition) is 3. The predicted octanol–water partition coefficient (Wildman–Crippen LogP) is 2.25. The van der Waals surface area contributed by atoms with Crippen molar-refractivity contribution in [2.75, 3.05) is 40.1 Å². The molecule has 0 amide bonds. The lowest BCUT2D eigenvalue weighted by Gasteiger charge is -2.39. The molecule has 0 aliphatic heterocycles. The highest BCUT2D eigenvalue weighted by Crippen LogP contribution is 2.30.